The first-order valence-corrected chi connectivity index (χ1v) is 8.02. The SMILES string of the molecule is COc1ccnc(C(=O)Nc2ccc(Oc3ccccc3Cl)cc2)c1O. The molecule has 0 unspecified atom stereocenters. The van der Waals surface area contributed by atoms with E-state index in [0.717, 1.165) is 0 Å². The van der Waals surface area contributed by atoms with Crippen molar-refractivity contribution < 1.29 is 19.4 Å². The van der Waals surface area contributed by atoms with Gasteiger partial charge in [-0.25, -0.2) is 4.98 Å². The quantitative estimate of drug-likeness (QED) is 0.691. The van der Waals surface area contributed by atoms with Gasteiger partial charge in [0.25, 0.3) is 5.91 Å². The molecule has 1 aromatic heterocycles. The predicted molar refractivity (Wildman–Crippen MR) is 98.4 cm³/mol. The van der Waals surface area contributed by atoms with E-state index in [1.807, 2.05) is 12.1 Å². The van der Waals surface area contributed by atoms with E-state index in [4.69, 9.17) is 21.1 Å². The van der Waals surface area contributed by atoms with Gasteiger partial charge in [0.15, 0.2) is 17.2 Å². The molecule has 7 heteroatoms. The number of methoxy groups -OCH3 is 1. The minimum atomic E-state index is -0.554. The number of carbonyl (C=O) groups is 1. The molecule has 0 radical (unpaired) electrons. The summed E-state index contributed by atoms with van der Waals surface area (Å²) in [6.07, 6.45) is 1.38. The van der Waals surface area contributed by atoms with Crippen molar-refractivity contribution in [1.29, 1.82) is 0 Å². The smallest absolute Gasteiger partial charge is 0.278 e. The summed E-state index contributed by atoms with van der Waals surface area (Å²) in [6.45, 7) is 0. The minimum absolute atomic E-state index is 0.124. The molecule has 2 aromatic carbocycles. The van der Waals surface area contributed by atoms with E-state index in [1.165, 1.54) is 19.4 Å². The number of pyridine rings is 1. The Labute approximate surface area is 155 Å². The number of nitrogens with zero attached hydrogens (tertiary/aromatic N) is 1. The van der Waals surface area contributed by atoms with Gasteiger partial charge in [-0.3, -0.25) is 4.79 Å². The number of amides is 1. The van der Waals surface area contributed by atoms with E-state index in [1.54, 1.807) is 36.4 Å². The number of para-hydroxylation sites is 1. The van der Waals surface area contributed by atoms with Crippen LogP contribution in [0.4, 0.5) is 5.69 Å². The zero-order chi connectivity index (χ0) is 18.5. The first kappa shape index (κ1) is 17.6. The number of carbonyl (C=O) groups excluding carboxylic acids is 1. The molecule has 0 aliphatic heterocycles. The van der Waals surface area contributed by atoms with Crippen molar-refractivity contribution in [2.45, 2.75) is 0 Å². The standard InChI is InChI=1S/C19H15ClN2O4/c1-25-16-10-11-21-17(18(16)23)19(24)22-12-6-8-13(9-7-12)26-15-5-3-2-4-14(15)20/h2-11,23H,1H3,(H,22,24). The van der Waals surface area contributed by atoms with Crippen molar-refractivity contribution in [2.24, 2.45) is 0 Å². The molecule has 0 atom stereocenters. The Hall–Kier alpha value is -3.25. The molecule has 1 heterocycles. The highest BCUT2D eigenvalue weighted by Crippen LogP contribution is 2.30. The summed E-state index contributed by atoms with van der Waals surface area (Å²) in [5.41, 5.74) is 0.395. The first-order valence-electron chi connectivity index (χ1n) is 7.64. The van der Waals surface area contributed by atoms with E-state index in [-0.39, 0.29) is 17.2 Å². The maximum atomic E-state index is 12.3. The van der Waals surface area contributed by atoms with Crippen LogP contribution in [0.25, 0.3) is 0 Å². The number of halogens is 1. The lowest BCUT2D eigenvalue weighted by Crippen LogP contribution is -2.14. The molecule has 26 heavy (non-hydrogen) atoms. The van der Waals surface area contributed by atoms with Gasteiger partial charge in [-0.15, -0.1) is 0 Å². The number of benzene rings is 2. The van der Waals surface area contributed by atoms with Gasteiger partial charge >= 0.3 is 0 Å². The van der Waals surface area contributed by atoms with Crippen LogP contribution in [0.3, 0.4) is 0 Å². The second kappa shape index (κ2) is 7.76. The average Bonchev–Trinajstić information content (AvgIpc) is 2.65. The van der Waals surface area contributed by atoms with Gasteiger partial charge in [-0.1, -0.05) is 23.7 Å². The highest BCUT2D eigenvalue weighted by molar-refractivity contribution is 6.32. The third-order valence-corrected chi connectivity index (χ3v) is 3.81. The lowest BCUT2D eigenvalue weighted by atomic mass is 10.2. The van der Waals surface area contributed by atoms with Crippen LogP contribution in [0.1, 0.15) is 10.5 Å². The molecule has 2 N–H and O–H groups in total. The number of nitrogens with one attached hydrogen (secondary N) is 1. The molecule has 0 fully saturated rings. The van der Waals surface area contributed by atoms with Crippen LogP contribution in [-0.2, 0) is 0 Å². The summed E-state index contributed by atoms with van der Waals surface area (Å²) in [6, 6.07) is 15.3. The van der Waals surface area contributed by atoms with E-state index in [0.29, 0.717) is 22.2 Å². The molecular weight excluding hydrogens is 356 g/mol. The largest absolute Gasteiger partial charge is 0.503 e. The summed E-state index contributed by atoms with van der Waals surface area (Å²) < 4.78 is 10.7. The summed E-state index contributed by atoms with van der Waals surface area (Å²) in [4.78, 5) is 16.2. The second-order valence-corrected chi connectivity index (χ2v) is 5.63. The Morgan fingerprint density at radius 2 is 1.81 bits per heavy atom. The van der Waals surface area contributed by atoms with Crippen molar-refractivity contribution in [3.05, 3.63) is 71.5 Å². The maximum absolute atomic E-state index is 12.3. The Morgan fingerprint density at radius 1 is 1.08 bits per heavy atom. The normalized spacial score (nSPS) is 10.2. The number of rotatable bonds is 5. The van der Waals surface area contributed by atoms with Crippen molar-refractivity contribution >= 4 is 23.2 Å². The van der Waals surface area contributed by atoms with Crippen LogP contribution in [0.5, 0.6) is 23.0 Å². The summed E-state index contributed by atoms with van der Waals surface area (Å²) in [5, 5.41) is 13.1. The zero-order valence-electron chi connectivity index (χ0n) is 13.8. The molecule has 132 valence electrons. The lowest BCUT2D eigenvalue weighted by Gasteiger charge is -2.10. The lowest BCUT2D eigenvalue weighted by molar-refractivity contribution is 0.101. The van der Waals surface area contributed by atoms with Gasteiger partial charge in [0, 0.05) is 18.0 Å². The number of hydrogen-bond acceptors (Lipinski definition) is 5. The number of aromatic hydroxyl groups is 1. The van der Waals surface area contributed by atoms with Crippen LogP contribution in [0.2, 0.25) is 5.02 Å². The number of anilines is 1. The van der Waals surface area contributed by atoms with E-state index in [2.05, 4.69) is 10.3 Å². The second-order valence-electron chi connectivity index (χ2n) is 5.22. The Bertz CT molecular complexity index is 929. The van der Waals surface area contributed by atoms with E-state index < -0.39 is 5.91 Å². The van der Waals surface area contributed by atoms with Gasteiger partial charge in [0.2, 0.25) is 0 Å². The Balaban J connectivity index is 1.71. The van der Waals surface area contributed by atoms with Crippen molar-refractivity contribution in [3.63, 3.8) is 0 Å². The van der Waals surface area contributed by atoms with Crippen LogP contribution in [0, 0.1) is 0 Å². The Kier molecular flexibility index (Phi) is 5.24. The topological polar surface area (TPSA) is 80.7 Å². The fourth-order valence-corrected chi connectivity index (χ4v) is 2.39. The first-order chi connectivity index (χ1) is 12.6. The Morgan fingerprint density at radius 3 is 2.50 bits per heavy atom. The van der Waals surface area contributed by atoms with Gasteiger partial charge in [0.05, 0.1) is 12.1 Å². The van der Waals surface area contributed by atoms with Crippen LogP contribution >= 0.6 is 11.6 Å². The van der Waals surface area contributed by atoms with Gasteiger partial charge in [0.1, 0.15) is 11.5 Å². The maximum Gasteiger partial charge on any atom is 0.278 e. The molecule has 0 bridgehead atoms. The van der Waals surface area contributed by atoms with Crippen LogP contribution < -0.4 is 14.8 Å². The number of hydrogen-bond donors (Lipinski definition) is 2. The monoisotopic (exact) mass is 370 g/mol. The highest BCUT2D eigenvalue weighted by atomic mass is 35.5. The molecule has 0 saturated carbocycles. The molecule has 6 nitrogen and oxygen atoms in total. The molecule has 0 spiro atoms. The number of ether oxygens (including phenoxy) is 2. The molecule has 3 rings (SSSR count). The molecule has 0 aliphatic rings. The fourth-order valence-electron chi connectivity index (χ4n) is 2.22. The van der Waals surface area contributed by atoms with Crippen LogP contribution in [0.15, 0.2) is 60.8 Å². The van der Waals surface area contributed by atoms with Gasteiger partial charge < -0.3 is 19.9 Å². The van der Waals surface area contributed by atoms with Gasteiger partial charge in [-0.05, 0) is 36.4 Å². The third-order valence-electron chi connectivity index (χ3n) is 3.50. The molecular formula is C19H15ClN2O4. The summed E-state index contributed by atoms with van der Waals surface area (Å²) in [5.74, 6) is 0.413. The van der Waals surface area contributed by atoms with Gasteiger partial charge in [-0.2, -0.15) is 0 Å². The molecule has 1 amide bonds. The summed E-state index contributed by atoms with van der Waals surface area (Å²) >= 11 is 6.06. The van der Waals surface area contributed by atoms with E-state index >= 15 is 0 Å². The average molecular weight is 371 g/mol. The summed E-state index contributed by atoms with van der Waals surface area (Å²) in [7, 11) is 1.40. The molecule has 0 aliphatic carbocycles. The van der Waals surface area contributed by atoms with E-state index in [9.17, 15) is 9.90 Å². The van der Waals surface area contributed by atoms with Crippen LogP contribution in [-0.4, -0.2) is 23.1 Å². The predicted octanol–water partition coefficient (Wildman–Crippen LogP) is 4.49. The fraction of sp³-hybridized carbons (Fsp3) is 0.0526. The zero-order valence-corrected chi connectivity index (χ0v) is 14.5. The van der Waals surface area contributed by atoms with Crippen molar-refractivity contribution in [1.82, 2.24) is 4.98 Å². The highest BCUT2D eigenvalue weighted by Gasteiger charge is 2.16. The number of aromatic nitrogens is 1. The minimum Gasteiger partial charge on any atom is -0.503 e. The molecule has 3 aromatic rings. The van der Waals surface area contributed by atoms with Crippen molar-refractivity contribution in [3.8, 4) is 23.0 Å². The van der Waals surface area contributed by atoms with Crippen molar-refractivity contribution in [2.75, 3.05) is 12.4 Å². The molecule has 0 saturated heterocycles. The third kappa shape index (κ3) is 3.87.